The van der Waals surface area contributed by atoms with Gasteiger partial charge in [-0.1, -0.05) is 0 Å². The Balaban J connectivity index is 2.61. The van der Waals surface area contributed by atoms with Crippen molar-refractivity contribution < 1.29 is 9.53 Å². The van der Waals surface area contributed by atoms with Crippen LogP contribution in [-0.4, -0.2) is 18.1 Å². The number of hydrogen-bond acceptors (Lipinski definition) is 4. The first-order valence-corrected chi connectivity index (χ1v) is 5.14. The Labute approximate surface area is 95.3 Å². The van der Waals surface area contributed by atoms with E-state index in [-0.39, 0.29) is 6.10 Å². The first-order chi connectivity index (χ1) is 7.61. The molecular weight excluding hydrogens is 204 g/mol. The molecule has 0 radical (unpaired) electrons. The highest BCUT2D eigenvalue weighted by atomic mass is 16.5. The quantitative estimate of drug-likeness (QED) is 0.471. The first-order valence-electron chi connectivity index (χ1n) is 5.14. The summed E-state index contributed by atoms with van der Waals surface area (Å²) in [6, 6.07) is 7.40. The molecule has 0 unspecified atom stereocenters. The standard InChI is InChI=1S/C12H16N2O2/c1-9(2)16-12-6-4-11(5-7-12)14-13-10(3)8-15/h4-9,14H,1-3H3/b13-10+. The van der Waals surface area contributed by atoms with Gasteiger partial charge < -0.3 is 4.74 Å². The number of ether oxygens (including phenoxy) is 1. The fourth-order valence-corrected chi connectivity index (χ4v) is 1.06. The third-order valence-corrected chi connectivity index (χ3v) is 1.76. The Hall–Kier alpha value is -1.84. The van der Waals surface area contributed by atoms with Crippen LogP contribution in [0.4, 0.5) is 5.69 Å². The molecule has 0 bridgehead atoms. The summed E-state index contributed by atoms with van der Waals surface area (Å²) in [5.74, 6) is 0.816. The second-order valence-electron chi connectivity index (χ2n) is 3.67. The topological polar surface area (TPSA) is 50.7 Å². The Morgan fingerprint density at radius 2 is 2.00 bits per heavy atom. The van der Waals surface area contributed by atoms with Crippen molar-refractivity contribution in [2.45, 2.75) is 26.9 Å². The van der Waals surface area contributed by atoms with Crippen molar-refractivity contribution >= 4 is 17.7 Å². The van der Waals surface area contributed by atoms with Crippen molar-refractivity contribution in [3.63, 3.8) is 0 Å². The van der Waals surface area contributed by atoms with Crippen LogP contribution >= 0.6 is 0 Å². The van der Waals surface area contributed by atoms with E-state index in [4.69, 9.17) is 4.74 Å². The number of carbonyl (C=O) groups is 1. The molecule has 0 saturated carbocycles. The lowest BCUT2D eigenvalue weighted by atomic mass is 10.3. The van der Waals surface area contributed by atoms with Crippen molar-refractivity contribution in [1.29, 1.82) is 0 Å². The molecule has 1 aromatic rings. The highest BCUT2D eigenvalue weighted by Gasteiger charge is 1.97. The zero-order valence-corrected chi connectivity index (χ0v) is 9.73. The van der Waals surface area contributed by atoms with E-state index < -0.39 is 0 Å². The average molecular weight is 220 g/mol. The molecule has 1 rings (SSSR count). The summed E-state index contributed by atoms with van der Waals surface area (Å²) < 4.78 is 5.50. The maximum absolute atomic E-state index is 10.3. The molecule has 0 fully saturated rings. The second-order valence-corrected chi connectivity index (χ2v) is 3.67. The van der Waals surface area contributed by atoms with Crippen molar-refractivity contribution in [2.24, 2.45) is 5.10 Å². The zero-order valence-electron chi connectivity index (χ0n) is 9.73. The lowest BCUT2D eigenvalue weighted by Crippen LogP contribution is -2.05. The van der Waals surface area contributed by atoms with Crippen molar-refractivity contribution in [3.8, 4) is 5.75 Å². The monoisotopic (exact) mass is 220 g/mol. The van der Waals surface area contributed by atoms with Gasteiger partial charge in [-0.25, -0.2) is 0 Å². The van der Waals surface area contributed by atoms with Gasteiger partial charge in [-0.05, 0) is 45.0 Å². The SMILES string of the molecule is C/C(C=O)=N\Nc1ccc(OC(C)C)cc1. The maximum atomic E-state index is 10.3. The van der Waals surface area contributed by atoms with Crippen LogP contribution < -0.4 is 10.2 Å². The molecule has 1 aromatic carbocycles. The second kappa shape index (κ2) is 5.90. The van der Waals surface area contributed by atoms with E-state index in [9.17, 15) is 4.79 Å². The Kier molecular flexibility index (Phi) is 4.51. The van der Waals surface area contributed by atoms with E-state index in [0.717, 1.165) is 11.4 Å². The molecule has 0 atom stereocenters. The van der Waals surface area contributed by atoms with Gasteiger partial charge in [-0.15, -0.1) is 0 Å². The van der Waals surface area contributed by atoms with Crippen LogP contribution in [-0.2, 0) is 4.79 Å². The molecule has 4 heteroatoms. The summed E-state index contributed by atoms with van der Waals surface area (Å²) >= 11 is 0. The molecule has 0 spiro atoms. The Morgan fingerprint density at radius 3 is 2.50 bits per heavy atom. The van der Waals surface area contributed by atoms with Gasteiger partial charge in [0.1, 0.15) is 5.75 Å². The third kappa shape index (κ3) is 4.13. The number of hydrogen-bond donors (Lipinski definition) is 1. The van der Waals surface area contributed by atoms with Crippen LogP contribution in [0.3, 0.4) is 0 Å². The van der Waals surface area contributed by atoms with Gasteiger partial charge >= 0.3 is 0 Å². The van der Waals surface area contributed by atoms with E-state index in [1.54, 1.807) is 6.92 Å². The predicted molar refractivity (Wildman–Crippen MR) is 65.0 cm³/mol. The number of hydrazone groups is 1. The normalized spacial score (nSPS) is 11.4. The fraction of sp³-hybridized carbons (Fsp3) is 0.333. The largest absolute Gasteiger partial charge is 0.491 e. The molecular formula is C12H16N2O2. The summed E-state index contributed by atoms with van der Waals surface area (Å²) in [6.45, 7) is 5.59. The minimum atomic E-state index is 0.161. The third-order valence-electron chi connectivity index (χ3n) is 1.76. The van der Waals surface area contributed by atoms with E-state index in [1.807, 2.05) is 38.1 Å². The Morgan fingerprint density at radius 1 is 1.38 bits per heavy atom. The van der Waals surface area contributed by atoms with Crippen LogP contribution in [0, 0.1) is 0 Å². The molecule has 0 amide bonds. The van der Waals surface area contributed by atoms with Gasteiger partial charge in [0.2, 0.25) is 0 Å². The van der Waals surface area contributed by atoms with Crippen LogP contribution in [0.25, 0.3) is 0 Å². The summed E-state index contributed by atoms with van der Waals surface area (Å²) in [4.78, 5) is 10.3. The molecule has 4 nitrogen and oxygen atoms in total. The Bertz CT molecular complexity index is 369. The van der Waals surface area contributed by atoms with Gasteiger partial charge in [0, 0.05) is 0 Å². The summed E-state index contributed by atoms with van der Waals surface area (Å²) in [7, 11) is 0. The summed E-state index contributed by atoms with van der Waals surface area (Å²) in [6.07, 6.45) is 0.859. The van der Waals surface area contributed by atoms with Crippen molar-refractivity contribution in [3.05, 3.63) is 24.3 Å². The van der Waals surface area contributed by atoms with Gasteiger partial charge in [0.05, 0.1) is 17.5 Å². The highest BCUT2D eigenvalue weighted by molar-refractivity contribution is 6.27. The summed E-state index contributed by atoms with van der Waals surface area (Å²) in [5, 5.41) is 3.86. The minimum Gasteiger partial charge on any atom is -0.491 e. The van der Waals surface area contributed by atoms with E-state index in [2.05, 4.69) is 10.5 Å². The van der Waals surface area contributed by atoms with Gasteiger partial charge in [0.15, 0.2) is 6.29 Å². The molecule has 86 valence electrons. The zero-order chi connectivity index (χ0) is 12.0. The number of aldehydes is 1. The molecule has 0 aromatic heterocycles. The molecule has 0 saturated heterocycles. The number of anilines is 1. The molecule has 0 aliphatic heterocycles. The number of nitrogens with zero attached hydrogens (tertiary/aromatic N) is 1. The van der Waals surface area contributed by atoms with Gasteiger partial charge in [-0.3, -0.25) is 10.2 Å². The average Bonchev–Trinajstić information content (AvgIpc) is 2.27. The summed E-state index contributed by atoms with van der Waals surface area (Å²) in [5.41, 5.74) is 4.00. The molecule has 16 heavy (non-hydrogen) atoms. The van der Waals surface area contributed by atoms with Gasteiger partial charge in [-0.2, -0.15) is 5.10 Å². The highest BCUT2D eigenvalue weighted by Crippen LogP contribution is 2.16. The molecule has 0 aliphatic carbocycles. The van der Waals surface area contributed by atoms with Crippen LogP contribution in [0.2, 0.25) is 0 Å². The van der Waals surface area contributed by atoms with Crippen LogP contribution in [0.1, 0.15) is 20.8 Å². The minimum absolute atomic E-state index is 0.161. The lowest BCUT2D eigenvalue weighted by molar-refractivity contribution is -0.102. The van der Waals surface area contributed by atoms with E-state index in [0.29, 0.717) is 12.0 Å². The molecule has 1 N–H and O–H groups in total. The van der Waals surface area contributed by atoms with Crippen molar-refractivity contribution in [2.75, 3.05) is 5.43 Å². The lowest BCUT2D eigenvalue weighted by Gasteiger charge is -2.09. The number of carbonyl (C=O) groups excluding carboxylic acids is 1. The van der Waals surface area contributed by atoms with Crippen LogP contribution in [0.5, 0.6) is 5.75 Å². The maximum Gasteiger partial charge on any atom is 0.165 e. The predicted octanol–water partition coefficient (Wildman–Crippen LogP) is 2.46. The number of rotatable bonds is 5. The molecule has 0 heterocycles. The first kappa shape index (κ1) is 12.2. The van der Waals surface area contributed by atoms with E-state index in [1.165, 1.54) is 0 Å². The van der Waals surface area contributed by atoms with E-state index >= 15 is 0 Å². The number of nitrogens with one attached hydrogen (secondary N) is 1. The fourth-order valence-electron chi connectivity index (χ4n) is 1.06. The molecule has 0 aliphatic rings. The van der Waals surface area contributed by atoms with Crippen LogP contribution in [0.15, 0.2) is 29.4 Å². The smallest absolute Gasteiger partial charge is 0.165 e. The van der Waals surface area contributed by atoms with Crippen molar-refractivity contribution in [1.82, 2.24) is 0 Å². The van der Waals surface area contributed by atoms with Gasteiger partial charge in [0.25, 0.3) is 0 Å². The number of benzene rings is 1.